The summed E-state index contributed by atoms with van der Waals surface area (Å²) in [5.41, 5.74) is 2.97. The number of hydrogen-bond donors (Lipinski definition) is 1. The van der Waals surface area contributed by atoms with E-state index in [0.717, 1.165) is 11.1 Å². The van der Waals surface area contributed by atoms with Gasteiger partial charge in [0.25, 0.3) is 11.8 Å². The summed E-state index contributed by atoms with van der Waals surface area (Å²) in [4.78, 5) is 38.1. The first-order chi connectivity index (χ1) is 15.6. The molecule has 1 aliphatic rings. The quantitative estimate of drug-likeness (QED) is 0.377. The molecule has 8 nitrogen and oxygen atoms in total. The minimum atomic E-state index is -1.37. The standard InChI is InChI=1S/C24H24N2O6S/c1-5-31-20-12-16(7-9-19(20)32-15(4)23(29)30)11-18-21(27)25-24(33)26(22(18)28)17-8-6-13(2)14(3)10-17/h6-12,15H,5H2,1-4H3,(H,29,30)(H,25,27,33)/p-1/b18-11-/t15-/m1/s1. The highest BCUT2D eigenvalue weighted by molar-refractivity contribution is 7.80. The van der Waals surface area contributed by atoms with Gasteiger partial charge >= 0.3 is 0 Å². The summed E-state index contributed by atoms with van der Waals surface area (Å²) in [7, 11) is 0. The van der Waals surface area contributed by atoms with E-state index < -0.39 is 23.9 Å². The number of aryl methyl sites for hydroxylation is 2. The van der Waals surface area contributed by atoms with Crippen molar-refractivity contribution in [2.24, 2.45) is 0 Å². The minimum absolute atomic E-state index is 0.000393. The van der Waals surface area contributed by atoms with E-state index in [4.69, 9.17) is 21.7 Å². The SMILES string of the molecule is CCOc1cc(/C=C2/C(=O)NC(=S)N(c3ccc(C)c(C)c3)C2=O)ccc1O[C@H](C)C(=O)[O-]. The van der Waals surface area contributed by atoms with Crippen molar-refractivity contribution in [1.29, 1.82) is 0 Å². The second-order valence-electron chi connectivity index (χ2n) is 7.44. The number of nitrogens with one attached hydrogen (secondary N) is 1. The molecule has 2 aromatic carbocycles. The summed E-state index contributed by atoms with van der Waals surface area (Å²) in [5, 5.41) is 13.6. The number of carbonyl (C=O) groups excluding carboxylic acids is 3. The fourth-order valence-corrected chi connectivity index (χ4v) is 3.42. The number of anilines is 1. The maximum absolute atomic E-state index is 13.2. The topological polar surface area (TPSA) is 108 Å². The highest BCUT2D eigenvalue weighted by Crippen LogP contribution is 2.31. The molecule has 0 saturated carbocycles. The van der Waals surface area contributed by atoms with Gasteiger partial charge in [0, 0.05) is 0 Å². The van der Waals surface area contributed by atoms with Crippen LogP contribution in [0.1, 0.15) is 30.5 Å². The van der Waals surface area contributed by atoms with Crippen LogP contribution in [0.5, 0.6) is 11.5 Å². The lowest BCUT2D eigenvalue weighted by Crippen LogP contribution is -2.54. The number of rotatable bonds is 7. The second kappa shape index (κ2) is 9.83. The normalized spacial score (nSPS) is 15.9. The predicted molar refractivity (Wildman–Crippen MR) is 125 cm³/mol. The van der Waals surface area contributed by atoms with Crippen molar-refractivity contribution in [3.8, 4) is 11.5 Å². The van der Waals surface area contributed by atoms with Crippen LogP contribution in [0, 0.1) is 13.8 Å². The Kier molecular flexibility index (Phi) is 7.13. The van der Waals surface area contributed by atoms with Crippen molar-refractivity contribution < 1.29 is 29.0 Å². The molecule has 3 rings (SSSR count). The molecule has 2 amide bonds. The molecule has 1 heterocycles. The fourth-order valence-electron chi connectivity index (χ4n) is 3.14. The van der Waals surface area contributed by atoms with E-state index in [1.54, 1.807) is 25.1 Å². The van der Waals surface area contributed by atoms with E-state index in [0.29, 0.717) is 17.9 Å². The molecule has 33 heavy (non-hydrogen) atoms. The minimum Gasteiger partial charge on any atom is -0.546 e. The molecule has 2 aromatic rings. The van der Waals surface area contributed by atoms with Gasteiger partial charge in [-0.2, -0.15) is 0 Å². The zero-order chi connectivity index (χ0) is 24.3. The van der Waals surface area contributed by atoms with Crippen LogP contribution in [-0.2, 0) is 14.4 Å². The van der Waals surface area contributed by atoms with E-state index in [1.165, 1.54) is 24.0 Å². The van der Waals surface area contributed by atoms with Gasteiger partial charge in [-0.3, -0.25) is 19.8 Å². The molecule has 9 heteroatoms. The van der Waals surface area contributed by atoms with Crippen molar-refractivity contribution in [2.75, 3.05) is 11.5 Å². The molecule has 0 radical (unpaired) electrons. The lowest BCUT2D eigenvalue weighted by molar-refractivity contribution is -0.312. The van der Waals surface area contributed by atoms with Crippen molar-refractivity contribution in [3.05, 3.63) is 58.7 Å². The fraction of sp³-hybridized carbons (Fsp3) is 0.250. The van der Waals surface area contributed by atoms with E-state index >= 15 is 0 Å². The molecule has 0 aromatic heterocycles. The van der Waals surface area contributed by atoms with Crippen LogP contribution in [0.3, 0.4) is 0 Å². The number of thiocarbonyl (C=S) groups is 1. The molecule has 172 valence electrons. The van der Waals surface area contributed by atoms with E-state index in [1.807, 2.05) is 26.0 Å². The molecule has 1 N–H and O–H groups in total. The van der Waals surface area contributed by atoms with Gasteiger partial charge in [-0.15, -0.1) is 0 Å². The first-order valence-electron chi connectivity index (χ1n) is 10.3. The van der Waals surface area contributed by atoms with Crippen molar-refractivity contribution in [3.63, 3.8) is 0 Å². The predicted octanol–water partition coefficient (Wildman–Crippen LogP) is 2.05. The highest BCUT2D eigenvalue weighted by Gasteiger charge is 2.34. The zero-order valence-corrected chi connectivity index (χ0v) is 19.4. The van der Waals surface area contributed by atoms with Gasteiger partial charge in [0.05, 0.1) is 18.3 Å². The molecule has 1 saturated heterocycles. The lowest BCUT2D eigenvalue weighted by atomic mass is 10.0. The lowest BCUT2D eigenvalue weighted by Gasteiger charge is -2.29. The van der Waals surface area contributed by atoms with E-state index in [2.05, 4.69) is 5.32 Å². The number of benzene rings is 2. The summed E-state index contributed by atoms with van der Waals surface area (Å²) in [6, 6.07) is 10.1. The van der Waals surface area contributed by atoms with Gasteiger partial charge < -0.3 is 19.4 Å². The number of aliphatic carboxylic acids is 1. The Hall–Kier alpha value is -3.72. The number of nitrogens with zero attached hydrogens (tertiary/aromatic N) is 1. The van der Waals surface area contributed by atoms with Crippen LogP contribution >= 0.6 is 12.2 Å². The Bertz CT molecular complexity index is 1170. The van der Waals surface area contributed by atoms with Crippen LogP contribution in [0.2, 0.25) is 0 Å². The maximum Gasteiger partial charge on any atom is 0.270 e. The van der Waals surface area contributed by atoms with Gasteiger partial charge in [-0.25, -0.2) is 0 Å². The molecule has 1 fully saturated rings. The number of ether oxygens (including phenoxy) is 2. The second-order valence-corrected chi connectivity index (χ2v) is 7.83. The largest absolute Gasteiger partial charge is 0.546 e. The Morgan fingerprint density at radius 2 is 1.88 bits per heavy atom. The third-order valence-electron chi connectivity index (χ3n) is 5.06. The van der Waals surface area contributed by atoms with Crippen LogP contribution in [0.4, 0.5) is 5.69 Å². The first-order valence-corrected chi connectivity index (χ1v) is 10.7. The van der Waals surface area contributed by atoms with Crippen molar-refractivity contribution in [2.45, 2.75) is 33.8 Å². The summed E-state index contributed by atoms with van der Waals surface area (Å²) < 4.78 is 10.9. The average Bonchev–Trinajstić information content (AvgIpc) is 2.75. The van der Waals surface area contributed by atoms with Crippen LogP contribution in [0.25, 0.3) is 6.08 Å². The molecule has 1 aliphatic heterocycles. The van der Waals surface area contributed by atoms with Gasteiger partial charge in [0.15, 0.2) is 16.6 Å². The third kappa shape index (κ3) is 5.20. The Balaban J connectivity index is 1.98. The van der Waals surface area contributed by atoms with E-state index in [9.17, 15) is 19.5 Å². The van der Waals surface area contributed by atoms with Gasteiger partial charge in [0.1, 0.15) is 11.7 Å². The third-order valence-corrected chi connectivity index (χ3v) is 5.35. The monoisotopic (exact) mass is 467 g/mol. The molecule has 0 spiro atoms. The Morgan fingerprint density at radius 1 is 1.15 bits per heavy atom. The van der Waals surface area contributed by atoms with Gasteiger partial charge in [-0.05, 0) is 86.9 Å². The van der Waals surface area contributed by atoms with Gasteiger partial charge in [0.2, 0.25) is 0 Å². The zero-order valence-electron chi connectivity index (χ0n) is 18.6. The number of amides is 2. The van der Waals surface area contributed by atoms with Crippen LogP contribution < -0.4 is 24.8 Å². The summed E-state index contributed by atoms with van der Waals surface area (Å²) in [6.45, 7) is 7.28. The maximum atomic E-state index is 13.2. The van der Waals surface area contributed by atoms with Crippen LogP contribution in [-0.4, -0.2) is 35.6 Å². The number of carbonyl (C=O) groups is 3. The smallest absolute Gasteiger partial charge is 0.270 e. The Morgan fingerprint density at radius 3 is 2.52 bits per heavy atom. The molecule has 0 unspecified atom stereocenters. The molecule has 0 bridgehead atoms. The Labute approximate surface area is 196 Å². The summed E-state index contributed by atoms with van der Waals surface area (Å²) in [6.07, 6.45) is 0.230. The number of carboxylic acids is 1. The molecular formula is C24H23N2O6S-. The first kappa shape index (κ1) is 23.9. The number of carboxylic acid groups (broad SMARTS) is 1. The molecular weight excluding hydrogens is 444 g/mol. The molecule has 0 aliphatic carbocycles. The van der Waals surface area contributed by atoms with Crippen LogP contribution in [0.15, 0.2) is 42.0 Å². The van der Waals surface area contributed by atoms with Crippen molar-refractivity contribution >= 4 is 46.9 Å². The molecule has 1 atom stereocenters. The summed E-state index contributed by atoms with van der Waals surface area (Å²) >= 11 is 5.25. The van der Waals surface area contributed by atoms with Crippen molar-refractivity contribution in [1.82, 2.24) is 5.32 Å². The van der Waals surface area contributed by atoms with E-state index in [-0.39, 0.29) is 22.2 Å². The van der Waals surface area contributed by atoms with Gasteiger partial charge in [-0.1, -0.05) is 12.1 Å². The average molecular weight is 468 g/mol. The number of hydrogen-bond acceptors (Lipinski definition) is 7. The summed E-state index contributed by atoms with van der Waals surface area (Å²) in [5.74, 6) is -2.07. The highest BCUT2D eigenvalue weighted by atomic mass is 32.1.